The third-order valence-corrected chi connectivity index (χ3v) is 5.13. The molecule has 0 spiro atoms. The van der Waals surface area contributed by atoms with Crippen molar-refractivity contribution in [1.29, 1.82) is 0 Å². The number of amides is 1. The molecule has 0 atom stereocenters. The number of benzene rings is 1. The predicted octanol–water partition coefficient (Wildman–Crippen LogP) is 4.64. The van der Waals surface area contributed by atoms with E-state index < -0.39 is 5.97 Å². The SMILES string of the molecule is O=C(O)c1ccc(N2C(=O)/C(=C/c3ccc(-c4ccco4)o3)SC2=S)cc1. The summed E-state index contributed by atoms with van der Waals surface area (Å²) in [6.45, 7) is 0. The fourth-order valence-corrected chi connectivity index (χ4v) is 3.83. The molecule has 1 aliphatic rings. The van der Waals surface area contributed by atoms with Crippen molar-refractivity contribution in [3.8, 4) is 11.5 Å². The van der Waals surface area contributed by atoms with Crippen molar-refractivity contribution in [3.05, 3.63) is 71.0 Å². The van der Waals surface area contributed by atoms with Gasteiger partial charge in [-0.05, 0) is 48.5 Å². The van der Waals surface area contributed by atoms with Gasteiger partial charge >= 0.3 is 5.97 Å². The summed E-state index contributed by atoms with van der Waals surface area (Å²) in [6.07, 6.45) is 3.18. The van der Waals surface area contributed by atoms with Gasteiger partial charge in [-0.15, -0.1) is 0 Å². The molecule has 0 aliphatic carbocycles. The van der Waals surface area contributed by atoms with Crippen LogP contribution in [0.4, 0.5) is 5.69 Å². The second-order valence-electron chi connectivity index (χ2n) is 5.55. The predicted molar refractivity (Wildman–Crippen MR) is 105 cm³/mol. The lowest BCUT2D eigenvalue weighted by Gasteiger charge is -2.14. The third kappa shape index (κ3) is 3.32. The number of nitrogens with zero attached hydrogens (tertiary/aromatic N) is 1. The van der Waals surface area contributed by atoms with Crippen molar-refractivity contribution in [2.45, 2.75) is 0 Å². The molecule has 3 heterocycles. The lowest BCUT2D eigenvalue weighted by molar-refractivity contribution is -0.113. The summed E-state index contributed by atoms with van der Waals surface area (Å²) in [5.41, 5.74) is 0.655. The minimum absolute atomic E-state index is 0.140. The fraction of sp³-hybridized carbons (Fsp3) is 0. The van der Waals surface area contributed by atoms with Crippen LogP contribution in [0.15, 0.2) is 68.5 Å². The van der Waals surface area contributed by atoms with E-state index in [0.717, 1.165) is 11.8 Å². The van der Waals surface area contributed by atoms with Crippen molar-refractivity contribution >= 4 is 51.9 Å². The molecule has 134 valence electrons. The number of hydrogen-bond acceptors (Lipinski definition) is 6. The Labute approximate surface area is 163 Å². The van der Waals surface area contributed by atoms with Gasteiger partial charge in [-0.25, -0.2) is 4.79 Å². The highest BCUT2D eigenvalue weighted by atomic mass is 32.2. The standard InChI is InChI=1S/C19H11NO5S2/c21-17-16(10-13-7-8-15(25-13)14-2-1-9-24-14)27-19(26)20(17)12-5-3-11(4-6-12)18(22)23/h1-10H,(H,22,23)/b16-10-. The largest absolute Gasteiger partial charge is 0.478 e. The zero-order valence-electron chi connectivity index (χ0n) is 13.6. The summed E-state index contributed by atoms with van der Waals surface area (Å²) in [5, 5.41) is 8.99. The number of aromatic carboxylic acids is 1. The van der Waals surface area contributed by atoms with Gasteiger partial charge < -0.3 is 13.9 Å². The summed E-state index contributed by atoms with van der Waals surface area (Å²) in [7, 11) is 0. The second kappa shape index (κ2) is 6.90. The molecule has 0 bridgehead atoms. The zero-order valence-corrected chi connectivity index (χ0v) is 15.3. The first kappa shape index (κ1) is 17.3. The molecule has 1 aromatic carbocycles. The Morgan fingerprint density at radius 3 is 2.56 bits per heavy atom. The molecular weight excluding hydrogens is 386 g/mol. The van der Waals surface area contributed by atoms with Gasteiger partial charge in [-0.1, -0.05) is 24.0 Å². The monoisotopic (exact) mass is 397 g/mol. The van der Waals surface area contributed by atoms with Crippen molar-refractivity contribution in [3.63, 3.8) is 0 Å². The zero-order chi connectivity index (χ0) is 19.0. The van der Waals surface area contributed by atoms with Gasteiger partial charge in [-0.2, -0.15) is 0 Å². The van der Waals surface area contributed by atoms with Crippen molar-refractivity contribution in [2.24, 2.45) is 0 Å². The van der Waals surface area contributed by atoms with E-state index in [2.05, 4.69) is 0 Å². The van der Waals surface area contributed by atoms with Crippen LogP contribution in [0.25, 0.3) is 17.6 Å². The molecule has 4 rings (SSSR count). The lowest BCUT2D eigenvalue weighted by atomic mass is 10.2. The van der Waals surface area contributed by atoms with Crippen LogP contribution in [0.5, 0.6) is 0 Å². The first-order valence-electron chi connectivity index (χ1n) is 7.78. The molecule has 8 heteroatoms. The van der Waals surface area contributed by atoms with Crippen molar-refractivity contribution in [2.75, 3.05) is 4.90 Å². The Balaban J connectivity index is 1.59. The average Bonchev–Trinajstić information content (AvgIpc) is 3.37. The number of hydrogen-bond donors (Lipinski definition) is 1. The molecule has 1 aliphatic heterocycles. The van der Waals surface area contributed by atoms with E-state index in [1.165, 1.54) is 17.0 Å². The molecule has 0 radical (unpaired) electrons. The highest BCUT2D eigenvalue weighted by molar-refractivity contribution is 8.27. The maximum atomic E-state index is 12.7. The number of carbonyl (C=O) groups excluding carboxylic acids is 1. The second-order valence-corrected chi connectivity index (χ2v) is 7.22. The molecule has 0 unspecified atom stereocenters. The Bertz CT molecular complexity index is 1060. The number of carboxylic acid groups (broad SMARTS) is 1. The molecule has 1 N–H and O–H groups in total. The number of anilines is 1. The summed E-state index contributed by atoms with van der Waals surface area (Å²) < 4.78 is 11.3. The van der Waals surface area contributed by atoms with Gasteiger partial charge in [0.1, 0.15) is 5.76 Å². The van der Waals surface area contributed by atoms with Crippen molar-refractivity contribution < 1.29 is 23.5 Å². The topological polar surface area (TPSA) is 83.9 Å². The Morgan fingerprint density at radius 2 is 1.89 bits per heavy atom. The maximum Gasteiger partial charge on any atom is 0.335 e. The fourth-order valence-electron chi connectivity index (χ4n) is 2.55. The molecule has 1 amide bonds. The molecular formula is C19H11NO5S2. The first-order chi connectivity index (χ1) is 13.0. The Morgan fingerprint density at radius 1 is 1.11 bits per heavy atom. The minimum atomic E-state index is -1.03. The van der Waals surface area contributed by atoms with Crippen LogP contribution in [0.1, 0.15) is 16.1 Å². The molecule has 3 aromatic rings. The molecule has 6 nitrogen and oxygen atoms in total. The van der Waals surface area contributed by atoms with Crippen LogP contribution in [0, 0.1) is 0 Å². The van der Waals surface area contributed by atoms with Crippen LogP contribution >= 0.6 is 24.0 Å². The summed E-state index contributed by atoms with van der Waals surface area (Å²) >= 11 is 6.47. The third-order valence-electron chi connectivity index (χ3n) is 3.83. The maximum absolute atomic E-state index is 12.7. The lowest BCUT2D eigenvalue weighted by Crippen LogP contribution is -2.27. The highest BCUT2D eigenvalue weighted by Gasteiger charge is 2.33. The van der Waals surface area contributed by atoms with Crippen LogP contribution in [-0.4, -0.2) is 21.3 Å². The van der Waals surface area contributed by atoms with Crippen LogP contribution in [-0.2, 0) is 4.79 Å². The number of carbonyl (C=O) groups is 2. The quantitative estimate of drug-likeness (QED) is 0.507. The van der Waals surface area contributed by atoms with Gasteiger partial charge in [0.05, 0.1) is 22.4 Å². The van der Waals surface area contributed by atoms with Crippen LogP contribution in [0.3, 0.4) is 0 Å². The van der Waals surface area contributed by atoms with E-state index in [1.54, 1.807) is 48.7 Å². The van der Waals surface area contributed by atoms with E-state index in [-0.39, 0.29) is 11.5 Å². The van der Waals surface area contributed by atoms with Crippen LogP contribution in [0.2, 0.25) is 0 Å². The number of thioether (sulfide) groups is 1. The van der Waals surface area contributed by atoms with E-state index in [9.17, 15) is 9.59 Å². The summed E-state index contributed by atoms with van der Waals surface area (Å²) in [6, 6.07) is 13.0. The molecule has 1 fully saturated rings. The number of carboxylic acids is 1. The molecule has 1 saturated heterocycles. The van der Waals surface area contributed by atoms with Crippen molar-refractivity contribution in [1.82, 2.24) is 0 Å². The van der Waals surface area contributed by atoms with Gasteiger partial charge in [-0.3, -0.25) is 9.69 Å². The molecule has 0 saturated carbocycles. The van der Waals surface area contributed by atoms with Gasteiger partial charge in [0.25, 0.3) is 5.91 Å². The highest BCUT2D eigenvalue weighted by Crippen LogP contribution is 2.36. The number of thiocarbonyl (C=S) groups is 1. The number of rotatable bonds is 4. The summed E-state index contributed by atoms with van der Waals surface area (Å²) in [5.74, 6) is 0.343. The van der Waals surface area contributed by atoms with E-state index >= 15 is 0 Å². The van der Waals surface area contributed by atoms with Crippen LogP contribution < -0.4 is 4.90 Å². The minimum Gasteiger partial charge on any atom is -0.478 e. The van der Waals surface area contributed by atoms with E-state index in [4.69, 9.17) is 26.2 Å². The first-order valence-corrected chi connectivity index (χ1v) is 9.00. The normalized spacial score (nSPS) is 15.7. The average molecular weight is 397 g/mol. The number of furan rings is 2. The smallest absolute Gasteiger partial charge is 0.335 e. The van der Waals surface area contributed by atoms with Gasteiger partial charge in [0.2, 0.25) is 0 Å². The Kier molecular flexibility index (Phi) is 4.43. The van der Waals surface area contributed by atoms with E-state index in [1.807, 2.05) is 0 Å². The van der Waals surface area contributed by atoms with E-state index in [0.29, 0.717) is 32.2 Å². The summed E-state index contributed by atoms with van der Waals surface area (Å²) in [4.78, 5) is 25.5. The Hall–Kier alpha value is -3.10. The van der Waals surface area contributed by atoms with Gasteiger partial charge in [0, 0.05) is 6.08 Å². The van der Waals surface area contributed by atoms with Gasteiger partial charge in [0.15, 0.2) is 15.8 Å². The molecule has 27 heavy (non-hydrogen) atoms. The molecule has 2 aromatic heterocycles.